The van der Waals surface area contributed by atoms with Gasteiger partial charge in [-0.25, -0.2) is 4.98 Å². The monoisotopic (exact) mass is 470 g/mol. The van der Waals surface area contributed by atoms with Gasteiger partial charge in [0.1, 0.15) is 5.75 Å². The third kappa shape index (κ3) is 4.41. The molecule has 0 spiro atoms. The van der Waals surface area contributed by atoms with E-state index in [1.807, 2.05) is 18.7 Å². The van der Waals surface area contributed by atoms with E-state index in [-0.39, 0.29) is 0 Å². The lowest BCUT2D eigenvalue weighted by Gasteiger charge is -2.59. The molecular formula is C32H42N2O. The maximum atomic E-state index is 6.09. The highest BCUT2D eigenvalue weighted by Crippen LogP contribution is 2.66. The Balaban J connectivity index is 1.12. The molecule has 3 fully saturated rings. The van der Waals surface area contributed by atoms with Gasteiger partial charge in [-0.1, -0.05) is 49.8 Å². The molecular weight excluding hydrogens is 428 g/mol. The smallest absolute Gasteiger partial charge is 0.119 e. The zero-order valence-electron chi connectivity index (χ0n) is 21.7. The summed E-state index contributed by atoms with van der Waals surface area (Å²) in [5.74, 6) is 4.65. The first-order chi connectivity index (χ1) is 17.0. The number of hydrogen-bond donors (Lipinski definition) is 0. The third-order valence-corrected chi connectivity index (χ3v) is 10.5. The van der Waals surface area contributed by atoms with Crippen LogP contribution in [-0.2, 0) is 6.54 Å². The Labute approximate surface area is 211 Å². The second kappa shape index (κ2) is 9.30. The van der Waals surface area contributed by atoms with E-state index >= 15 is 0 Å². The standard InChI is InChI=1S/C32H42N2O/c1-31-14-12-29-28(11-10-26-8-3-4-13-32(26,29)2)30(31)21-25(22-31)19-24-7-5-9-27(20-24)35-18-6-16-34-17-15-33-23-34/h3-5,7,9,15,17,19-20,23,26,28-30H,6,8,10-14,16,18,21-22H2,1-2H3/t26?,28-,29+,30+,31-,32+/m1/s1. The highest BCUT2D eigenvalue weighted by molar-refractivity contribution is 5.56. The van der Waals surface area contributed by atoms with Crippen LogP contribution in [0.25, 0.3) is 6.08 Å². The van der Waals surface area contributed by atoms with Crippen LogP contribution in [0.3, 0.4) is 0 Å². The maximum Gasteiger partial charge on any atom is 0.119 e. The summed E-state index contributed by atoms with van der Waals surface area (Å²) >= 11 is 0. The molecule has 186 valence electrons. The molecule has 6 rings (SSSR count). The van der Waals surface area contributed by atoms with Gasteiger partial charge >= 0.3 is 0 Å². The van der Waals surface area contributed by atoms with E-state index in [1.54, 1.807) is 5.57 Å². The van der Waals surface area contributed by atoms with Crippen molar-refractivity contribution < 1.29 is 4.74 Å². The van der Waals surface area contributed by atoms with Gasteiger partial charge in [0.2, 0.25) is 0 Å². The SMILES string of the molecule is C[C@]12CC[C@H]3[C@@H](CCC4CC=CC[C@@]43C)[C@@H]1CC(=Cc1cccc(OCCCn3ccnc3)c1)C2. The van der Waals surface area contributed by atoms with Crippen LogP contribution in [-0.4, -0.2) is 16.2 Å². The van der Waals surface area contributed by atoms with E-state index in [4.69, 9.17) is 4.74 Å². The van der Waals surface area contributed by atoms with E-state index in [0.29, 0.717) is 10.8 Å². The first-order valence-electron chi connectivity index (χ1n) is 14.1. The van der Waals surface area contributed by atoms with E-state index in [0.717, 1.165) is 49.0 Å². The Morgan fingerprint density at radius 1 is 1.14 bits per heavy atom. The second-order valence-electron chi connectivity index (χ2n) is 12.5. The Morgan fingerprint density at radius 3 is 2.97 bits per heavy atom. The molecule has 35 heavy (non-hydrogen) atoms. The summed E-state index contributed by atoms with van der Waals surface area (Å²) in [6.45, 7) is 6.94. The minimum absolute atomic E-state index is 0.502. The number of ether oxygens (including phenoxy) is 1. The first-order valence-corrected chi connectivity index (χ1v) is 14.1. The van der Waals surface area contributed by atoms with Gasteiger partial charge in [-0.2, -0.15) is 0 Å². The predicted molar refractivity (Wildman–Crippen MR) is 143 cm³/mol. The molecule has 0 saturated heterocycles. The normalized spacial score (nSPS) is 37.0. The van der Waals surface area contributed by atoms with E-state index in [1.165, 1.54) is 56.9 Å². The number of nitrogens with zero attached hydrogens (tertiary/aromatic N) is 2. The van der Waals surface area contributed by atoms with Gasteiger partial charge in [0, 0.05) is 18.9 Å². The van der Waals surface area contributed by atoms with Crippen LogP contribution in [0.15, 0.2) is 60.7 Å². The van der Waals surface area contributed by atoms with Crippen molar-refractivity contribution in [1.29, 1.82) is 0 Å². The van der Waals surface area contributed by atoms with Gasteiger partial charge in [0.15, 0.2) is 0 Å². The summed E-state index contributed by atoms with van der Waals surface area (Å²) in [5.41, 5.74) is 4.03. The number of benzene rings is 1. The molecule has 0 N–H and O–H groups in total. The molecule has 1 unspecified atom stereocenters. The lowest BCUT2D eigenvalue weighted by molar-refractivity contribution is -0.0870. The summed E-state index contributed by atoms with van der Waals surface area (Å²) in [6, 6.07) is 8.73. The summed E-state index contributed by atoms with van der Waals surface area (Å²) < 4.78 is 8.19. The molecule has 0 radical (unpaired) electrons. The van der Waals surface area contributed by atoms with Gasteiger partial charge in [0.05, 0.1) is 12.9 Å². The zero-order valence-corrected chi connectivity index (χ0v) is 21.7. The lowest BCUT2D eigenvalue weighted by atomic mass is 9.46. The first kappa shape index (κ1) is 23.1. The Hall–Kier alpha value is -2.29. The van der Waals surface area contributed by atoms with Crippen molar-refractivity contribution in [3.63, 3.8) is 0 Å². The topological polar surface area (TPSA) is 27.1 Å². The van der Waals surface area contributed by atoms with Crippen LogP contribution >= 0.6 is 0 Å². The van der Waals surface area contributed by atoms with Gasteiger partial charge in [-0.15, -0.1) is 0 Å². The maximum absolute atomic E-state index is 6.09. The second-order valence-corrected chi connectivity index (χ2v) is 12.5. The average molecular weight is 471 g/mol. The van der Waals surface area contributed by atoms with Gasteiger partial charge < -0.3 is 9.30 Å². The Bertz CT molecular complexity index is 1080. The number of imidazole rings is 1. The molecule has 3 saturated carbocycles. The quantitative estimate of drug-likeness (QED) is 0.316. The molecule has 1 heterocycles. The number of hydrogen-bond acceptors (Lipinski definition) is 2. The largest absolute Gasteiger partial charge is 0.494 e. The molecule has 0 amide bonds. The highest BCUT2D eigenvalue weighted by Gasteiger charge is 2.57. The van der Waals surface area contributed by atoms with Crippen LogP contribution < -0.4 is 4.74 Å². The lowest BCUT2D eigenvalue weighted by Crippen LogP contribution is -2.51. The van der Waals surface area contributed by atoms with Crippen LogP contribution in [0.5, 0.6) is 5.75 Å². The number of aryl methyl sites for hydroxylation is 1. The average Bonchev–Trinajstić information content (AvgIpc) is 3.49. The van der Waals surface area contributed by atoms with Crippen LogP contribution in [0, 0.1) is 34.5 Å². The van der Waals surface area contributed by atoms with Crippen LogP contribution in [0.1, 0.15) is 77.2 Å². The summed E-state index contributed by atoms with van der Waals surface area (Å²) in [4.78, 5) is 4.11. The molecule has 0 aliphatic heterocycles. The fraction of sp³-hybridized carbons (Fsp3) is 0.594. The van der Waals surface area contributed by atoms with Crippen molar-refractivity contribution in [2.75, 3.05) is 6.61 Å². The Morgan fingerprint density at radius 2 is 2.09 bits per heavy atom. The molecule has 4 aliphatic carbocycles. The van der Waals surface area contributed by atoms with Gasteiger partial charge in [-0.05, 0) is 110 Å². The van der Waals surface area contributed by atoms with E-state index < -0.39 is 0 Å². The van der Waals surface area contributed by atoms with Crippen molar-refractivity contribution in [3.05, 3.63) is 66.3 Å². The molecule has 0 bridgehead atoms. The van der Waals surface area contributed by atoms with E-state index in [2.05, 4.69) is 65.9 Å². The van der Waals surface area contributed by atoms with Crippen LogP contribution in [0.2, 0.25) is 0 Å². The predicted octanol–water partition coefficient (Wildman–Crippen LogP) is 7.94. The molecule has 3 nitrogen and oxygen atoms in total. The van der Waals surface area contributed by atoms with Crippen molar-refractivity contribution in [1.82, 2.24) is 9.55 Å². The third-order valence-electron chi connectivity index (χ3n) is 10.5. The minimum Gasteiger partial charge on any atom is -0.494 e. The van der Waals surface area contributed by atoms with Crippen molar-refractivity contribution in [3.8, 4) is 5.75 Å². The van der Waals surface area contributed by atoms with Crippen molar-refractivity contribution >= 4 is 6.08 Å². The minimum atomic E-state index is 0.502. The summed E-state index contributed by atoms with van der Waals surface area (Å²) in [7, 11) is 0. The fourth-order valence-corrected chi connectivity index (χ4v) is 8.62. The molecule has 3 heteroatoms. The molecule has 6 atom stereocenters. The number of rotatable bonds is 6. The zero-order chi connectivity index (χ0) is 23.9. The number of fused-ring (bicyclic) bond motifs is 5. The summed E-state index contributed by atoms with van der Waals surface area (Å²) in [6.07, 6.45) is 25.2. The van der Waals surface area contributed by atoms with Gasteiger partial charge in [0.25, 0.3) is 0 Å². The molecule has 2 aromatic rings. The highest BCUT2D eigenvalue weighted by atomic mass is 16.5. The van der Waals surface area contributed by atoms with E-state index in [9.17, 15) is 0 Å². The summed E-state index contributed by atoms with van der Waals surface area (Å²) in [5, 5.41) is 0. The van der Waals surface area contributed by atoms with Crippen molar-refractivity contribution in [2.24, 2.45) is 34.5 Å². The molecule has 1 aromatic heterocycles. The number of allylic oxidation sites excluding steroid dienone is 3. The molecule has 4 aliphatic rings. The fourth-order valence-electron chi connectivity index (χ4n) is 8.62. The van der Waals surface area contributed by atoms with Crippen LogP contribution in [0.4, 0.5) is 0 Å². The van der Waals surface area contributed by atoms with Gasteiger partial charge in [-0.3, -0.25) is 0 Å². The molecule has 1 aromatic carbocycles. The van der Waals surface area contributed by atoms with Crippen molar-refractivity contribution in [2.45, 2.75) is 78.2 Å². The number of aromatic nitrogens is 2. The Kier molecular flexibility index (Phi) is 6.15.